The molecule has 2 aliphatic rings. The van der Waals surface area contributed by atoms with Crippen LogP contribution in [0.4, 0.5) is 0 Å². The topological polar surface area (TPSA) is 74.0 Å². The van der Waals surface area contributed by atoms with E-state index in [0.717, 1.165) is 11.3 Å². The van der Waals surface area contributed by atoms with Crippen molar-refractivity contribution in [3.63, 3.8) is 0 Å². The molecule has 1 saturated heterocycles. The van der Waals surface area contributed by atoms with Crippen molar-refractivity contribution in [1.29, 1.82) is 0 Å². The van der Waals surface area contributed by atoms with Gasteiger partial charge in [0.2, 0.25) is 0 Å². The smallest absolute Gasteiger partial charge is 0.321 e. The van der Waals surface area contributed by atoms with E-state index < -0.39 is 12.0 Å². The Morgan fingerprint density at radius 1 is 1.33 bits per heavy atom. The lowest BCUT2D eigenvalue weighted by Crippen LogP contribution is -2.51. The molecule has 3 rings (SSSR count). The first-order chi connectivity index (χ1) is 8.75. The fourth-order valence-electron chi connectivity index (χ4n) is 2.47. The zero-order chi connectivity index (χ0) is 12.5. The van der Waals surface area contributed by atoms with Gasteiger partial charge >= 0.3 is 5.97 Å². The lowest BCUT2D eigenvalue weighted by atomic mass is 9.88. The van der Waals surface area contributed by atoms with Gasteiger partial charge in [-0.1, -0.05) is 30.3 Å². The van der Waals surface area contributed by atoms with E-state index in [0.29, 0.717) is 6.42 Å². The fourth-order valence-corrected chi connectivity index (χ4v) is 2.47. The molecule has 0 saturated carbocycles. The molecule has 0 amide bonds. The largest absolute Gasteiger partial charge is 0.480 e. The molecule has 2 aliphatic heterocycles. The van der Waals surface area contributed by atoms with Gasteiger partial charge in [0.05, 0.1) is 6.04 Å². The third-order valence-corrected chi connectivity index (χ3v) is 3.36. The fraction of sp³-hybridized carbons (Fsp3) is 0.308. The molecule has 3 atom stereocenters. The quantitative estimate of drug-likeness (QED) is 0.814. The van der Waals surface area contributed by atoms with Crippen LogP contribution in [0.25, 0.3) is 0 Å². The second-order valence-electron chi connectivity index (χ2n) is 4.48. The summed E-state index contributed by atoms with van der Waals surface area (Å²) < 4.78 is 0. The Hall–Kier alpha value is -2.01. The van der Waals surface area contributed by atoms with E-state index in [9.17, 15) is 4.79 Å². The van der Waals surface area contributed by atoms with Gasteiger partial charge in [0.15, 0.2) is 0 Å². The molecule has 2 heterocycles. The maximum Gasteiger partial charge on any atom is 0.321 e. The molecule has 0 bridgehead atoms. The van der Waals surface area contributed by atoms with Crippen LogP contribution < -0.4 is 5.32 Å². The number of hydrogen-bond donors (Lipinski definition) is 2. The number of aliphatic carboxylic acids is 1. The summed E-state index contributed by atoms with van der Waals surface area (Å²) in [7, 11) is 0. The van der Waals surface area contributed by atoms with Crippen molar-refractivity contribution < 1.29 is 9.90 Å². The van der Waals surface area contributed by atoms with E-state index in [-0.39, 0.29) is 12.1 Å². The minimum Gasteiger partial charge on any atom is -0.480 e. The third kappa shape index (κ3) is 1.82. The van der Waals surface area contributed by atoms with Gasteiger partial charge in [-0.05, 0) is 5.56 Å². The predicted molar refractivity (Wildman–Crippen MR) is 68.1 cm³/mol. The number of benzene rings is 1. The zero-order valence-corrected chi connectivity index (χ0v) is 9.65. The Kier molecular flexibility index (Phi) is 2.68. The SMILES string of the molecule is O=C(O)[C@@H]1CC2=NC=N[C@@H]2[C@@H](c2ccccc2)N1. The van der Waals surface area contributed by atoms with Gasteiger partial charge in [-0.3, -0.25) is 15.1 Å². The van der Waals surface area contributed by atoms with E-state index in [1.165, 1.54) is 6.34 Å². The van der Waals surface area contributed by atoms with Gasteiger partial charge in [-0.2, -0.15) is 0 Å². The molecule has 1 fully saturated rings. The number of nitrogens with one attached hydrogen (secondary N) is 1. The molecule has 1 aromatic rings. The number of carbonyl (C=O) groups is 1. The standard InChI is InChI=1S/C13H13N3O2/c17-13(18)10-6-9-12(15-7-14-9)11(16-10)8-4-2-1-3-5-8/h1-5,7,10-12,16H,6H2,(H,17,18)/t10-,11+,12-/m0/s1. The summed E-state index contributed by atoms with van der Waals surface area (Å²) in [6.07, 6.45) is 1.95. The first-order valence-electron chi connectivity index (χ1n) is 5.88. The average molecular weight is 243 g/mol. The number of piperidine rings is 1. The van der Waals surface area contributed by atoms with E-state index >= 15 is 0 Å². The number of hydrogen-bond acceptors (Lipinski definition) is 4. The third-order valence-electron chi connectivity index (χ3n) is 3.36. The van der Waals surface area contributed by atoms with E-state index in [1.807, 2.05) is 30.3 Å². The van der Waals surface area contributed by atoms with Crippen LogP contribution in [0, 0.1) is 0 Å². The van der Waals surface area contributed by atoms with Crippen LogP contribution in [0.2, 0.25) is 0 Å². The highest BCUT2D eigenvalue weighted by molar-refractivity contribution is 6.02. The highest BCUT2D eigenvalue weighted by atomic mass is 16.4. The minimum absolute atomic E-state index is 0.0667. The maximum atomic E-state index is 11.2. The van der Waals surface area contributed by atoms with Gasteiger partial charge in [0.25, 0.3) is 0 Å². The second-order valence-corrected chi connectivity index (χ2v) is 4.48. The van der Waals surface area contributed by atoms with Crippen LogP contribution >= 0.6 is 0 Å². The number of aliphatic imine (C=N–C) groups is 2. The van der Waals surface area contributed by atoms with Gasteiger partial charge in [-0.25, -0.2) is 4.99 Å². The Bertz CT molecular complexity index is 524. The molecule has 5 heteroatoms. The lowest BCUT2D eigenvalue weighted by Gasteiger charge is -2.33. The molecule has 1 aromatic carbocycles. The summed E-state index contributed by atoms with van der Waals surface area (Å²) in [6, 6.07) is 9.01. The van der Waals surface area contributed by atoms with Crippen molar-refractivity contribution >= 4 is 18.0 Å². The average Bonchev–Trinajstić information content (AvgIpc) is 2.86. The Balaban J connectivity index is 1.94. The predicted octanol–water partition coefficient (Wildman–Crippen LogP) is 1.03. The Labute approximate surface area is 104 Å². The van der Waals surface area contributed by atoms with Gasteiger partial charge < -0.3 is 5.11 Å². The Morgan fingerprint density at radius 3 is 2.83 bits per heavy atom. The maximum absolute atomic E-state index is 11.2. The number of fused-ring (bicyclic) bond motifs is 1. The van der Waals surface area contributed by atoms with Crippen LogP contribution in [0.15, 0.2) is 40.3 Å². The zero-order valence-electron chi connectivity index (χ0n) is 9.65. The number of rotatable bonds is 2. The van der Waals surface area contributed by atoms with E-state index in [2.05, 4.69) is 15.3 Å². The minimum atomic E-state index is -0.844. The summed E-state index contributed by atoms with van der Waals surface area (Å²) >= 11 is 0. The number of nitrogens with zero attached hydrogens (tertiary/aromatic N) is 2. The van der Waals surface area contributed by atoms with E-state index in [1.54, 1.807) is 0 Å². The van der Waals surface area contributed by atoms with Crippen molar-refractivity contribution in [2.45, 2.75) is 24.5 Å². The highest BCUT2D eigenvalue weighted by Gasteiger charge is 2.39. The van der Waals surface area contributed by atoms with E-state index in [4.69, 9.17) is 5.11 Å². The lowest BCUT2D eigenvalue weighted by molar-refractivity contribution is -0.139. The van der Waals surface area contributed by atoms with Crippen LogP contribution in [0.1, 0.15) is 18.0 Å². The first kappa shape index (κ1) is 11.1. The van der Waals surface area contributed by atoms with Crippen LogP contribution in [-0.4, -0.2) is 35.2 Å². The summed E-state index contributed by atoms with van der Waals surface area (Å²) in [5.41, 5.74) is 1.90. The summed E-state index contributed by atoms with van der Waals surface area (Å²) in [5.74, 6) is -0.844. The van der Waals surface area contributed by atoms with Crippen molar-refractivity contribution in [3.8, 4) is 0 Å². The molecule has 0 aliphatic carbocycles. The molecule has 18 heavy (non-hydrogen) atoms. The number of carboxylic acids is 1. The molecule has 2 N–H and O–H groups in total. The molecule has 5 nitrogen and oxygen atoms in total. The first-order valence-corrected chi connectivity index (χ1v) is 5.88. The van der Waals surface area contributed by atoms with Gasteiger partial charge in [0, 0.05) is 12.1 Å². The van der Waals surface area contributed by atoms with Crippen molar-refractivity contribution in [2.75, 3.05) is 0 Å². The van der Waals surface area contributed by atoms with Crippen LogP contribution in [-0.2, 0) is 4.79 Å². The van der Waals surface area contributed by atoms with Crippen molar-refractivity contribution in [1.82, 2.24) is 5.32 Å². The molecule has 0 aromatic heterocycles. The molecular formula is C13H13N3O2. The van der Waals surface area contributed by atoms with Gasteiger partial charge in [0.1, 0.15) is 18.4 Å². The summed E-state index contributed by atoms with van der Waals surface area (Å²) in [6.45, 7) is 0. The summed E-state index contributed by atoms with van der Waals surface area (Å²) in [4.78, 5) is 19.7. The van der Waals surface area contributed by atoms with Crippen LogP contribution in [0.5, 0.6) is 0 Å². The number of carboxylic acid groups (broad SMARTS) is 1. The normalized spacial score (nSPS) is 29.8. The Morgan fingerprint density at radius 2 is 2.11 bits per heavy atom. The highest BCUT2D eigenvalue weighted by Crippen LogP contribution is 2.28. The summed E-state index contributed by atoms with van der Waals surface area (Å²) in [5, 5.41) is 12.3. The molecule has 0 radical (unpaired) electrons. The van der Waals surface area contributed by atoms with Crippen molar-refractivity contribution in [2.24, 2.45) is 9.98 Å². The monoisotopic (exact) mass is 243 g/mol. The van der Waals surface area contributed by atoms with Gasteiger partial charge in [-0.15, -0.1) is 0 Å². The molecular weight excluding hydrogens is 230 g/mol. The molecule has 0 unspecified atom stereocenters. The van der Waals surface area contributed by atoms with Crippen molar-refractivity contribution in [3.05, 3.63) is 35.9 Å². The molecule has 0 spiro atoms. The second kappa shape index (κ2) is 4.34. The molecule has 92 valence electrons. The van der Waals surface area contributed by atoms with Crippen LogP contribution in [0.3, 0.4) is 0 Å².